The highest BCUT2D eigenvalue weighted by Crippen LogP contribution is 2.41. The third-order valence-electron chi connectivity index (χ3n) is 4.83. The molecule has 2 fully saturated rings. The van der Waals surface area contributed by atoms with E-state index in [9.17, 15) is 9.59 Å². The van der Waals surface area contributed by atoms with E-state index in [1.54, 1.807) is 23.5 Å². The molecule has 8 heteroatoms. The summed E-state index contributed by atoms with van der Waals surface area (Å²) in [5.74, 6) is 1.12. The SMILES string of the molecule is O=C1CS[C@@H](c2ccc(Cl)cc2)N1CCN1C(=O)CS[C@H]1c1ccc(Cl)cc1. The Morgan fingerprint density at radius 2 is 1.07 bits per heavy atom. The van der Waals surface area contributed by atoms with E-state index in [0.29, 0.717) is 34.6 Å². The van der Waals surface area contributed by atoms with Gasteiger partial charge in [0.1, 0.15) is 10.7 Å². The molecule has 0 N–H and O–H groups in total. The number of benzene rings is 2. The molecule has 4 rings (SSSR count). The molecule has 0 spiro atoms. The van der Waals surface area contributed by atoms with Gasteiger partial charge < -0.3 is 9.80 Å². The highest BCUT2D eigenvalue weighted by molar-refractivity contribution is 8.00. The summed E-state index contributed by atoms with van der Waals surface area (Å²) in [5.41, 5.74) is 2.10. The van der Waals surface area contributed by atoms with Crippen LogP contribution < -0.4 is 0 Å². The number of amides is 2. The smallest absolute Gasteiger partial charge is 0.233 e. The van der Waals surface area contributed by atoms with Crippen molar-refractivity contribution in [1.82, 2.24) is 9.80 Å². The fraction of sp³-hybridized carbons (Fsp3) is 0.300. The third-order valence-corrected chi connectivity index (χ3v) is 7.84. The molecule has 146 valence electrons. The summed E-state index contributed by atoms with van der Waals surface area (Å²) in [4.78, 5) is 28.6. The van der Waals surface area contributed by atoms with Gasteiger partial charge in [0.2, 0.25) is 11.8 Å². The molecule has 0 radical (unpaired) electrons. The molecule has 2 amide bonds. The van der Waals surface area contributed by atoms with Crippen molar-refractivity contribution in [2.75, 3.05) is 24.6 Å². The summed E-state index contributed by atoms with van der Waals surface area (Å²) in [7, 11) is 0. The quantitative estimate of drug-likeness (QED) is 0.650. The zero-order valence-electron chi connectivity index (χ0n) is 14.9. The van der Waals surface area contributed by atoms with E-state index in [-0.39, 0.29) is 22.6 Å². The highest BCUT2D eigenvalue weighted by Gasteiger charge is 2.36. The molecule has 2 aromatic rings. The fourth-order valence-corrected chi connectivity index (χ4v) is 6.10. The zero-order valence-corrected chi connectivity index (χ0v) is 18.0. The first-order chi connectivity index (χ1) is 13.5. The largest absolute Gasteiger partial charge is 0.324 e. The molecule has 2 aromatic carbocycles. The Morgan fingerprint density at radius 1 is 0.714 bits per heavy atom. The molecular formula is C20H18Cl2N2O2S2. The lowest BCUT2D eigenvalue weighted by Crippen LogP contribution is -2.39. The Bertz CT molecular complexity index is 803. The lowest BCUT2D eigenvalue weighted by Gasteiger charge is -2.29. The van der Waals surface area contributed by atoms with Crippen LogP contribution in [0.5, 0.6) is 0 Å². The van der Waals surface area contributed by atoms with Gasteiger partial charge in [-0.2, -0.15) is 0 Å². The molecule has 0 aliphatic carbocycles. The minimum Gasteiger partial charge on any atom is -0.324 e. The van der Waals surface area contributed by atoms with Crippen molar-refractivity contribution >= 4 is 58.5 Å². The van der Waals surface area contributed by atoms with Crippen molar-refractivity contribution in [2.45, 2.75) is 10.7 Å². The third kappa shape index (κ3) is 4.15. The topological polar surface area (TPSA) is 40.6 Å². The first-order valence-electron chi connectivity index (χ1n) is 8.86. The van der Waals surface area contributed by atoms with Gasteiger partial charge in [-0.15, -0.1) is 23.5 Å². The summed E-state index contributed by atoms with van der Waals surface area (Å²) < 4.78 is 0. The highest BCUT2D eigenvalue weighted by atomic mass is 35.5. The van der Waals surface area contributed by atoms with Crippen LogP contribution in [0.25, 0.3) is 0 Å². The molecule has 2 atom stereocenters. The van der Waals surface area contributed by atoms with E-state index < -0.39 is 0 Å². The average Bonchev–Trinajstić information content (AvgIpc) is 3.24. The van der Waals surface area contributed by atoms with Gasteiger partial charge in [-0.1, -0.05) is 47.5 Å². The Hall–Kier alpha value is -1.34. The zero-order chi connectivity index (χ0) is 19.7. The normalized spacial score (nSPS) is 22.4. The maximum Gasteiger partial charge on any atom is 0.233 e. The second kappa shape index (κ2) is 8.57. The first kappa shape index (κ1) is 20.0. The van der Waals surface area contributed by atoms with Crippen LogP contribution in [0.1, 0.15) is 21.9 Å². The minimum absolute atomic E-state index is 0.0379. The summed E-state index contributed by atoms with van der Waals surface area (Å²) in [6, 6.07) is 15.2. The number of nitrogens with zero attached hydrogens (tertiary/aromatic N) is 2. The van der Waals surface area contributed by atoms with E-state index in [1.807, 2.05) is 58.3 Å². The summed E-state index contributed by atoms with van der Waals surface area (Å²) in [6.45, 7) is 1.02. The van der Waals surface area contributed by atoms with E-state index in [1.165, 1.54) is 0 Å². The van der Waals surface area contributed by atoms with Gasteiger partial charge in [-0.25, -0.2) is 0 Å². The van der Waals surface area contributed by atoms with Crippen molar-refractivity contribution in [3.63, 3.8) is 0 Å². The lowest BCUT2D eigenvalue weighted by molar-refractivity contribution is -0.132. The van der Waals surface area contributed by atoms with Gasteiger partial charge in [-0.3, -0.25) is 9.59 Å². The van der Waals surface area contributed by atoms with Crippen LogP contribution >= 0.6 is 46.7 Å². The maximum atomic E-state index is 12.5. The van der Waals surface area contributed by atoms with Crippen LogP contribution in [-0.4, -0.2) is 46.2 Å². The van der Waals surface area contributed by atoms with E-state index >= 15 is 0 Å². The Kier molecular flexibility index (Phi) is 6.11. The fourth-order valence-electron chi connectivity index (χ4n) is 3.41. The molecule has 2 aliphatic heterocycles. The molecule has 2 heterocycles. The first-order valence-corrected chi connectivity index (χ1v) is 11.7. The van der Waals surface area contributed by atoms with Crippen LogP contribution in [0.2, 0.25) is 10.0 Å². The maximum absolute atomic E-state index is 12.5. The van der Waals surface area contributed by atoms with E-state index in [0.717, 1.165) is 11.1 Å². The van der Waals surface area contributed by atoms with Gasteiger partial charge in [-0.05, 0) is 35.4 Å². The molecule has 0 aromatic heterocycles. The second-order valence-corrected chi connectivity index (χ2v) is 9.61. The summed E-state index contributed by atoms with van der Waals surface area (Å²) in [6.07, 6.45) is 0. The number of carbonyl (C=O) groups is 2. The molecule has 0 bridgehead atoms. The molecule has 2 aliphatic rings. The number of thioether (sulfide) groups is 2. The lowest BCUT2D eigenvalue weighted by atomic mass is 10.2. The van der Waals surface area contributed by atoms with Crippen LogP contribution in [0.3, 0.4) is 0 Å². The standard InChI is InChI=1S/C20H18Cl2N2O2S2/c21-15-5-1-13(2-6-15)19-23(17(25)11-27-19)9-10-24-18(26)12-28-20(24)14-3-7-16(22)8-4-14/h1-8,19-20H,9-12H2/t19-,20-/m0/s1. The predicted octanol–water partition coefficient (Wildman–Crippen LogP) is 4.84. The van der Waals surface area contributed by atoms with Gasteiger partial charge in [0.15, 0.2) is 0 Å². The van der Waals surface area contributed by atoms with Crippen LogP contribution in [-0.2, 0) is 9.59 Å². The van der Waals surface area contributed by atoms with Gasteiger partial charge >= 0.3 is 0 Å². The minimum atomic E-state index is -0.0379. The van der Waals surface area contributed by atoms with Gasteiger partial charge in [0, 0.05) is 23.1 Å². The van der Waals surface area contributed by atoms with Crippen LogP contribution in [0.4, 0.5) is 0 Å². The van der Waals surface area contributed by atoms with Crippen molar-refractivity contribution < 1.29 is 9.59 Å². The average molecular weight is 453 g/mol. The van der Waals surface area contributed by atoms with Gasteiger partial charge in [0.25, 0.3) is 0 Å². The Balaban J connectivity index is 1.48. The van der Waals surface area contributed by atoms with Crippen LogP contribution in [0.15, 0.2) is 48.5 Å². The predicted molar refractivity (Wildman–Crippen MR) is 117 cm³/mol. The van der Waals surface area contributed by atoms with Crippen LogP contribution in [0, 0.1) is 0 Å². The second-order valence-electron chi connectivity index (χ2n) is 6.60. The number of carbonyl (C=O) groups excluding carboxylic acids is 2. The number of hydrogen-bond acceptors (Lipinski definition) is 4. The summed E-state index contributed by atoms with van der Waals surface area (Å²) in [5, 5.41) is 1.28. The molecule has 28 heavy (non-hydrogen) atoms. The number of rotatable bonds is 5. The number of hydrogen-bond donors (Lipinski definition) is 0. The van der Waals surface area contributed by atoms with E-state index in [4.69, 9.17) is 23.2 Å². The van der Waals surface area contributed by atoms with Crippen molar-refractivity contribution in [3.8, 4) is 0 Å². The molecule has 4 nitrogen and oxygen atoms in total. The Morgan fingerprint density at radius 3 is 1.43 bits per heavy atom. The number of halogens is 2. The van der Waals surface area contributed by atoms with Crippen molar-refractivity contribution in [1.29, 1.82) is 0 Å². The molecule has 0 saturated carbocycles. The van der Waals surface area contributed by atoms with Crippen molar-refractivity contribution in [2.24, 2.45) is 0 Å². The molecule has 0 unspecified atom stereocenters. The monoisotopic (exact) mass is 452 g/mol. The van der Waals surface area contributed by atoms with E-state index in [2.05, 4.69) is 0 Å². The molecular weight excluding hydrogens is 435 g/mol. The Labute approximate surface area is 182 Å². The molecule has 2 saturated heterocycles. The van der Waals surface area contributed by atoms with Crippen molar-refractivity contribution in [3.05, 3.63) is 69.7 Å². The summed E-state index contributed by atoms with van der Waals surface area (Å²) >= 11 is 15.2. The van der Waals surface area contributed by atoms with Gasteiger partial charge in [0.05, 0.1) is 11.5 Å².